The Hall–Kier alpha value is -3.87. The molecule has 7 nitrogen and oxygen atoms in total. The van der Waals surface area contributed by atoms with Crippen LogP contribution in [0.5, 0.6) is 11.5 Å². The molecule has 3 rings (SSSR count). The maximum absolute atomic E-state index is 12.4. The third kappa shape index (κ3) is 5.10. The number of phenols is 1. The van der Waals surface area contributed by atoms with Crippen molar-refractivity contribution in [1.29, 1.82) is 0 Å². The Kier molecular flexibility index (Phi) is 6.42. The lowest BCUT2D eigenvalue weighted by Gasteiger charge is -2.07. The van der Waals surface area contributed by atoms with Crippen molar-refractivity contribution in [3.63, 3.8) is 0 Å². The molecule has 3 N–H and O–H groups in total. The van der Waals surface area contributed by atoms with Gasteiger partial charge in [0.05, 0.1) is 19.4 Å². The molecule has 0 aromatic heterocycles. The largest absolute Gasteiger partial charge is 0.504 e. The zero-order valence-electron chi connectivity index (χ0n) is 15.9. The Morgan fingerprint density at radius 2 is 1.90 bits per heavy atom. The van der Waals surface area contributed by atoms with E-state index >= 15 is 0 Å². The molecule has 148 valence electrons. The summed E-state index contributed by atoms with van der Waals surface area (Å²) in [5.41, 5.74) is 3.50. The van der Waals surface area contributed by atoms with E-state index in [1.165, 1.54) is 12.3 Å². The summed E-state index contributed by atoms with van der Waals surface area (Å²) in [6, 6.07) is 17.7. The van der Waals surface area contributed by atoms with Crippen molar-refractivity contribution in [2.45, 2.75) is 6.92 Å². The van der Waals surface area contributed by atoms with Gasteiger partial charge in [-0.15, -0.1) is 0 Å². The Bertz CT molecular complexity index is 1060. The van der Waals surface area contributed by atoms with E-state index in [2.05, 4.69) is 15.8 Å². The quantitative estimate of drug-likeness (QED) is 0.426. The van der Waals surface area contributed by atoms with Gasteiger partial charge in [0.15, 0.2) is 11.5 Å². The average molecular weight is 391 g/mol. The summed E-state index contributed by atoms with van der Waals surface area (Å²) in [4.78, 5) is 24.4. The number of fused-ring (bicyclic) bond motifs is 1. The number of nitrogens with zero attached hydrogens (tertiary/aromatic N) is 1. The zero-order valence-corrected chi connectivity index (χ0v) is 15.9. The molecule has 7 heteroatoms. The van der Waals surface area contributed by atoms with Crippen LogP contribution >= 0.6 is 0 Å². The minimum Gasteiger partial charge on any atom is -0.504 e. The van der Waals surface area contributed by atoms with E-state index in [4.69, 9.17) is 4.74 Å². The van der Waals surface area contributed by atoms with Gasteiger partial charge in [0, 0.05) is 5.56 Å². The predicted octanol–water partition coefficient (Wildman–Crippen LogP) is 2.82. The van der Waals surface area contributed by atoms with Crippen LogP contribution in [0.15, 0.2) is 65.8 Å². The first-order chi connectivity index (χ1) is 14.1. The van der Waals surface area contributed by atoms with E-state index in [9.17, 15) is 14.7 Å². The molecule has 0 aliphatic rings. The fourth-order valence-corrected chi connectivity index (χ4v) is 2.78. The Morgan fingerprint density at radius 3 is 2.72 bits per heavy atom. The summed E-state index contributed by atoms with van der Waals surface area (Å²) < 4.78 is 5.30. The fraction of sp³-hybridized carbons (Fsp3) is 0.136. The van der Waals surface area contributed by atoms with Gasteiger partial charge >= 0.3 is 0 Å². The summed E-state index contributed by atoms with van der Waals surface area (Å²) in [6.45, 7) is 2.02. The van der Waals surface area contributed by atoms with Gasteiger partial charge in [0.2, 0.25) is 0 Å². The van der Waals surface area contributed by atoms with Crippen LogP contribution in [0.3, 0.4) is 0 Å². The van der Waals surface area contributed by atoms with Gasteiger partial charge in [-0.3, -0.25) is 9.59 Å². The maximum Gasteiger partial charge on any atom is 0.259 e. The van der Waals surface area contributed by atoms with E-state index in [1.54, 1.807) is 24.3 Å². The standard InChI is InChI=1S/C22H21N3O4/c1-2-29-20-12-15(10-11-19(20)26)13-24-25-21(27)14-23-22(28)18-9-5-7-16-6-3-4-8-17(16)18/h3-13,26H,2,14H2,1H3,(H,23,28)(H,25,27)/b24-13-. The molecule has 0 spiro atoms. The number of hydrazone groups is 1. The Balaban J connectivity index is 1.55. The van der Waals surface area contributed by atoms with Crippen LogP contribution in [0, 0.1) is 0 Å². The second-order valence-corrected chi connectivity index (χ2v) is 6.16. The minimum atomic E-state index is -0.460. The maximum atomic E-state index is 12.4. The lowest BCUT2D eigenvalue weighted by molar-refractivity contribution is -0.120. The van der Waals surface area contributed by atoms with Crippen molar-refractivity contribution in [3.8, 4) is 11.5 Å². The van der Waals surface area contributed by atoms with Gasteiger partial charge in [0.25, 0.3) is 11.8 Å². The number of amides is 2. The van der Waals surface area contributed by atoms with Crippen molar-refractivity contribution in [1.82, 2.24) is 10.7 Å². The smallest absolute Gasteiger partial charge is 0.259 e. The number of phenolic OH excluding ortho intramolecular Hbond substituents is 1. The molecule has 2 amide bonds. The number of aromatic hydroxyl groups is 1. The first-order valence-corrected chi connectivity index (χ1v) is 9.12. The van der Waals surface area contributed by atoms with Gasteiger partial charge in [-0.1, -0.05) is 36.4 Å². The molecular formula is C22H21N3O4. The van der Waals surface area contributed by atoms with Crippen LogP contribution in [0.1, 0.15) is 22.8 Å². The van der Waals surface area contributed by atoms with E-state index in [0.29, 0.717) is 23.5 Å². The molecule has 3 aromatic carbocycles. The monoisotopic (exact) mass is 391 g/mol. The van der Waals surface area contributed by atoms with Crippen LogP contribution in [0.25, 0.3) is 10.8 Å². The SMILES string of the molecule is CCOc1cc(/C=N\NC(=O)CNC(=O)c2cccc3ccccc23)ccc1O. The second-order valence-electron chi connectivity index (χ2n) is 6.16. The first kappa shape index (κ1) is 19.9. The lowest BCUT2D eigenvalue weighted by Crippen LogP contribution is -2.35. The topological polar surface area (TPSA) is 100 Å². The number of ether oxygens (including phenoxy) is 1. The molecule has 0 unspecified atom stereocenters. The summed E-state index contributed by atoms with van der Waals surface area (Å²) in [6.07, 6.45) is 1.42. The summed E-state index contributed by atoms with van der Waals surface area (Å²) in [5.74, 6) is -0.422. The molecule has 0 saturated heterocycles. The van der Waals surface area contributed by atoms with E-state index in [1.807, 2.05) is 37.3 Å². The van der Waals surface area contributed by atoms with E-state index < -0.39 is 5.91 Å². The van der Waals surface area contributed by atoms with Gasteiger partial charge in [0.1, 0.15) is 0 Å². The number of carbonyl (C=O) groups excluding carboxylic acids is 2. The molecule has 0 heterocycles. The van der Waals surface area contributed by atoms with Gasteiger partial charge in [-0.2, -0.15) is 5.10 Å². The van der Waals surface area contributed by atoms with Crippen LogP contribution in [0.2, 0.25) is 0 Å². The minimum absolute atomic E-state index is 0.0317. The van der Waals surface area contributed by atoms with E-state index in [-0.39, 0.29) is 18.2 Å². The number of carbonyl (C=O) groups is 2. The zero-order chi connectivity index (χ0) is 20.6. The molecule has 0 atom stereocenters. The van der Waals surface area contributed by atoms with Crippen molar-refractivity contribution >= 4 is 28.8 Å². The molecule has 0 fully saturated rings. The Labute approximate surface area is 168 Å². The van der Waals surface area contributed by atoms with Crippen molar-refractivity contribution in [3.05, 3.63) is 71.8 Å². The predicted molar refractivity (Wildman–Crippen MR) is 111 cm³/mol. The summed E-state index contributed by atoms with van der Waals surface area (Å²) >= 11 is 0. The average Bonchev–Trinajstić information content (AvgIpc) is 2.74. The number of benzene rings is 3. The highest BCUT2D eigenvalue weighted by atomic mass is 16.5. The van der Waals surface area contributed by atoms with Crippen LogP contribution in [-0.4, -0.2) is 36.3 Å². The second kappa shape index (κ2) is 9.36. The highest BCUT2D eigenvalue weighted by Gasteiger charge is 2.10. The van der Waals surface area contributed by atoms with Gasteiger partial charge in [-0.25, -0.2) is 5.43 Å². The highest BCUT2D eigenvalue weighted by molar-refractivity contribution is 6.07. The Morgan fingerprint density at radius 1 is 1.10 bits per heavy atom. The van der Waals surface area contributed by atoms with Crippen LogP contribution in [-0.2, 0) is 4.79 Å². The summed E-state index contributed by atoms with van der Waals surface area (Å²) in [5, 5.41) is 17.9. The molecule has 0 aliphatic carbocycles. The van der Waals surface area contributed by atoms with Crippen molar-refractivity contribution < 1.29 is 19.4 Å². The van der Waals surface area contributed by atoms with Crippen LogP contribution < -0.4 is 15.5 Å². The normalized spacial score (nSPS) is 10.8. The molecule has 0 radical (unpaired) electrons. The molecule has 0 saturated carbocycles. The first-order valence-electron chi connectivity index (χ1n) is 9.12. The highest BCUT2D eigenvalue weighted by Crippen LogP contribution is 2.26. The third-order valence-electron chi connectivity index (χ3n) is 4.13. The number of hydrogen-bond donors (Lipinski definition) is 3. The van der Waals surface area contributed by atoms with Crippen LogP contribution in [0.4, 0.5) is 0 Å². The molecule has 29 heavy (non-hydrogen) atoms. The molecule has 0 aliphatic heterocycles. The molecule has 0 bridgehead atoms. The van der Waals surface area contributed by atoms with Crippen molar-refractivity contribution in [2.75, 3.05) is 13.2 Å². The van der Waals surface area contributed by atoms with E-state index in [0.717, 1.165) is 10.8 Å². The lowest BCUT2D eigenvalue weighted by atomic mass is 10.0. The third-order valence-corrected chi connectivity index (χ3v) is 4.13. The summed E-state index contributed by atoms with van der Waals surface area (Å²) in [7, 11) is 0. The molecular weight excluding hydrogens is 370 g/mol. The van der Waals surface area contributed by atoms with Crippen molar-refractivity contribution in [2.24, 2.45) is 5.10 Å². The fourth-order valence-electron chi connectivity index (χ4n) is 2.78. The number of rotatable bonds is 7. The number of hydrogen-bond acceptors (Lipinski definition) is 5. The van der Waals surface area contributed by atoms with Gasteiger partial charge in [-0.05, 0) is 47.5 Å². The number of nitrogens with one attached hydrogen (secondary N) is 2. The van der Waals surface area contributed by atoms with Gasteiger partial charge < -0.3 is 15.2 Å². The molecule has 3 aromatic rings.